The average Bonchev–Trinajstić information content (AvgIpc) is 3.57. The summed E-state index contributed by atoms with van der Waals surface area (Å²) in [6, 6.07) is 16.0. The first-order valence-corrected chi connectivity index (χ1v) is 13.5. The molecule has 3 aromatic rings. The molecule has 0 saturated carbocycles. The van der Waals surface area contributed by atoms with Crippen molar-refractivity contribution in [2.24, 2.45) is 0 Å². The Labute approximate surface area is 226 Å². The molecule has 1 atom stereocenters. The molecule has 202 valence electrons. The van der Waals surface area contributed by atoms with Crippen LogP contribution in [0.4, 0.5) is 5.69 Å². The van der Waals surface area contributed by atoms with E-state index in [0.717, 1.165) is 13.1 Å². The highest BCUT2D eigenvalue weighted by Crippen LogP contribution is 2.53. The molecule has 1 aromatic heterocycles. The van der Waals surface area contributed by atoms with Crippen molar-refractivity contribution in [2.45, 2.75) is 25.3 Å². The highest BCUT2D eigenvalue weighted by molar-refractivity contribution is 6.26. The molecule has 1 spiro atoms. The van der Waals surface area contributed by atoms with Crippen molar-refractivity contribution in [3.05, 3.63) is 77.3 Å². The molecular formula is C30H31N3O6. The zero-order chi connectivity index (χ0) is 27.1. The zero-order valence-electron chi connectivity index (χ0n) is 21.9. The number of carbonyl (C=O) groups excluding carboxylic acids is 3. The molecule has 0 radical (unpaired) electrons. The largest absolute Gasteiger partial charge is 0.503 e. The molecule has 0 unspecified atom stereocenters. The van der Waals surface area contributed by atoms with Crippen LogP contribution in [0, 0.1) is 0 Å². The van der Waals surface area contributed by atoms with E-state index in [9.17, 15) is 19.5 Å². The van der Waals surface area contributed by atoms with Crippen LogP contribution in [0.5, 0.6) is 0 Å². The third-order valence-corrected chi connectivity index (χ3v) is 7.87. The minimum absolute atomic E-state index is 0.0284. The molecule has 4 heterocycles. The number of rotatable bonds is 8. The van der Waals surface area contributed by atoms with Crippen LogP contribution in [-0.2, 0) is 19.9 Å². The normalized spacial score (nSPS) is 21.6. The highest BCUT2D eigenvalue weighted by atomic mass is 16.5. The summed E-state index contributed by atoms with van der Waals surface area (Å²) in [5.41, 5.74) is -0.346. The maximum atomic E-state index is 14.4. The van der Waals surface area contributed by atoms with E-state index in [1.807, 2.05) is 31.2 Å². The first kappa shape index (κ1) is 25.3. The lowest BCUT2D eigenvalue weighted by molar-refractivity contribution is -0.140. The summed E-state index contributed by atoms with van der Waals surface area (Å²) in [5.74, 6) is -2.53. The Kier molecular flexibility index (Phi) is 6.48. The van der Waals surface area contributed by atoms with Gasteiger partial charge in [0, 0.05) is 43.7 Å². The average molecular weight is 530 g/mol. The number of hydrogen-bond acceptors (Lipinski definition) is 7. The van der Waals surface area contributed by atoms with Gasteiger partial charge in [-0.1, -0.05) is 43.3 Å². The molecule has 39 heavy (non-hydrogen) atoms. The predicted octanol–water partition coefficient (Wildman–Crippen LogP) is 3.64. The van der Waals surface area contributed by atoms with Gasteiger partial charge in [-0.25, -0.2) is 0 Å². The quantitative estimate of drug-likeness (QED) is 0.445. The second kappa shape index (κ2) is 9.98. The van der Waals surface area contributed by atoms with Crippen molar-refractivity contribution in [1.82, 2.24) is 9.80 Å². The summed E-state index contributed by atoms with van der Waals surface area (Å²) in [5, 5.41) is 12.0. The van der Waals surface area contributed by atoms with E-state index in [1.54, 1.807) is 35.2 Å². The lowest BCUT2D eigenvalue weighted by Gasteiger charge is -2.36. The van der Waals surface area contributed by atoms with Crippen molar-refractivity contribution >= 4 is 34.3 Å². The number of aliphatic hydroxyl groups excluding tert-OH is 1. The molecule has 9 nitrogen and oxygen atoms in total. The van der Waals surface area contributed by atoms with Crippen molar-refractivity contribution in [3.63, 3.8) is 0 Å². The molecule has 0 aliphatic carbocycles. The number of amides is 2. The predicted molar refractivity (Wildman–Crippen MR) is 145 cm³/mol. The number of carbonyl (C=O) groups is 3. The van der Waals surface area contributed by atoms with Gasteiger partial charge in [-0.3, -0.25) is 19.3 Å². The first-order valence-electron chi connectivity index (χ1n) is 13.5. The lowest BCUT2D eigenvalue weighted by atomic mass is 9.81. The molecule has 1 saturated heterocycles. The highest BCUT2D eigenvalue weighted by Gasteiger charge is 2.65. The van der Waals surface area contributed by atoms with Crippen molar-refractivity contribution in [2.75, 3.05) is 50.8 Å². The Balaban J connectivity index is 1.46. The van der Waals surface area contributed by atoms with E-state index in [1.165, 1.54) is 4.90 Å². The number of anilines is 1. The van der Waals surface area contributed by atoms with Gasteiger partial charge in [-0.05, 0) is 31.0 Å². The second-order valence-corrected chi connectivity index (χ2v) is 10.1. The Hall–Kier alpha value is -3.95. The SMILES string of the molecule is CCCN1C(=O)[C@@]2(C(C(=O)c3cc4ccccc4o3)=C(O)C(=O)N2CCCN2CCOCC2)c2ccccc21. The van der Waals surface area contributed by atoms with Crippen LogP contribution >= 0.6 is 0 Å². The van der Waals surface area contributed by atoms with Crippen LogP contribution in [0.2, 0.25) is 0 Å². The van der Waals surface area contributed by atoms with Gasteiger partial charge in [-0.15, -0.1) is 0 Å². The lowest BCUT2D eigenvalue weighted by Crippen LogP contribution is -2.54. The molecular weight excluding hydrogens is 498 g/mol. The molecule has 2 aromatic carbocycles. The van der Waals surface area contributed by atoms with Crippen LogP contribution in [0.15, 0.2) is 70.3 Å². The van der Waals surface area contributed by atoms with E-state index in [4.69, 9.17) is 9.15 Å². The molecule has 2 amide bonds. The van der Waals surface area contributed by atoms with Crippen molar-refractivity contribution in [1.29, 1.82) is 0 Å². The topological polar surface area (TPSA) is 104 Å². The Bertz CT molecular complexity index is 1450. The number of para-hydroxylation sites is 2. The third kappa shape index (κ3) is 3.87. The number of furan rings is 1. The number of fused-ring (bicyclic) bond motifs is 3. The molecule has 1 fully saturated rings. The standard InChI is InChI=1S/C30H31N3O6/c1-2-12-32-22-10-5-4-9-21(22)30(29(32)37)25(26(34)24-19-20-8-3-6-11-23(20)39-24)27(35)28(36)33(30)14-7-13-31-15-17-38-18-16-31/h3-6,8-11,19,35H,2,7,12-18H2,1H3/t30-/m0/s1. The summed E-state index contributed by atoms with van der Waals surface area (Å²) in [6.07, 6.45) is 1.25. The van der Waals surface area contributed by atoms with Crippen molar-refractivity contribution in [3.8, 4) is 0 Å². The molecule has 3 aliphatic heterocycles. The Morgan fingerprint density at radius 2 is 1.74 bits per heavy atom. The fourth-order valence-corrected chi connectivity index (χ4v) is 6.11. The number of hydrogen-bond donors (Lipinski definition) is 1. The fraction of sp³-hybridized carbons (Fsp3) is 0.367. The van der Waals surface area contributed by atoms with Crippen LogP contribution in [0.3, 0.4) is 0 Å². The number of morpholine rings is 1. The number of Topliss-reactive ketones (excluding diaryl/α,β-unsaturated/α-hetero) is 1. The first-order chi connectivity index (χ1) is 19.0. The van der Waals surface area contributed by atoms with Gasteiger partial charge < -0.3 is 24.1 Å². The van der Waals surface area contributed by atoms with Gasteiger partial charge >= 0.3 is 0 Å². The monoisotopic (exact) mass is 529 g/mol. The van der Waals surface area contributed by atoms with E-state index in [0.29, 0.717) is 61.4 Å². The van der Waals surface area contributed by atoms with E-state index in [2.05, 4.69) is 4.90 Å². The molecule has 1 N–H and O–H groups in total. The molecule has 9 heteroatoms. The Morgan fingerprint density at radius 3 is 2.51 bits per heavy atom. The van der Waals surface area contributed by atoms with E-state index < -0.39 is 28.9 Å². The van der Waals surface area contributed by atoms with Gasteiger partial charge in [0.1, 0.15) is 5.58 Å². The third-order valence-electron chi connectivity index (χ3n) is 7.87. The van der Waals surface area contributed by atoms with Gasteiger partial charge in [0.2, 0.25) is 5.78 Å². The van der Waals surface area contributed by atoms with Crippen molar-refractivity contribution < 1.29 is 28.6 Å². The summed E-state index contributed by atoms with van der Waals surface area (Å²) in [7, 11) is 0. The summed E-state index contributed by atoms with van der Waals surface area (Å²) in [6.45, 7) is 6.18. The number of ketones is 1. The van der Waals surface area contributed by atoms with E-state index in [-0.39, 0.29) is 17.9 Å². The second-order valence-electron chi connectivity index (χ2n) is 10.1. The van der Waals surface area contributed by atoms with Crippen LogP contribution in [0.1, 0.15) is 35.9 Å². The van der Waals surface area contributed by atoms with Crippen LogP contribution in [0.25, 0.3) is 11.0 Å². The van der Waals surface area contributed by atoms with Gasteiger partial charge in [0.05, 0.1) is 24.5 Å². The number of nitrogens with zero attached hydrogens (tertiary/aromatic N) is 3. The van der Waals surface area contributed by atoms with Gasteiger partial charge in [-0.2, -0.15) is 0 Å². The summed E-state index contributed by atoms with van der Waals surface area (Å²) in [4.78, 5) is 47.6. The maximum Gasteiger partial charge on any atom is 0.290 e. The minimum atomic E-state index is -1.77. The minimum Gasteiger partial charge on any atom is -0.503 e. The number of benzene rings is 2. The van der Waals surface area contributed by atoms with Gasteiger partial charge in [0.15, 0.2) is 17.1 Å². The summed E-state index contributed by atoms with van der Waals surface area (Å²) < 4.78 is 11.3. The number of ether oxygens (including phenoxy) is 1. The fourth-order valence-electron chi connectivity index (χ4n) is 6.11. The molecule has 0 bridgehead atoms. The Morgan fingerprint density at radius 1 is 1.00 bits per heavy atom. The smallest absolute Gasteiger partial charge is 0.290 e. The zero-order valence-corrected chi connectivity index (χ0v) is 21.9. The van der Waals surface area contributed by atoms with E-state index >= 15 is 0 Å². The molecule has 6 rings (SSSR count). The summed E-state index contributed by atoms with van der Waals surface area (Å²) >= 11 is 0. The van der Waals surface area contributed by atoms with Crippen LogP contribution < -0.4 is 4.90 Å². The van der Waals surface area contributed by atoms with Gasteiger partial charge in [0.25, 0.3) is 11.8 Å². The van der Waals surface area contributed by atoms with Crippen LogP contribution in [-0.4, -0.2) is 78.4 Å². The maximum absolute atomic E-state index is 14.4. The molecule has 3 aliphatic rings. The number of aliphatic hydroxyl groups is 1.